The maximum absolute atomic E-state index is 14.0. The molecule has 4 rings (SSSR count). The fourth-order valence-electron chi connectivity index (χ4n) is 4.29. The average Bonchev–Trinajstić information content (AvgIpc) is 3.36. The Labute approximate surface area is 243 Å². The molecule has 1 aromatic heterocycles. The monoisotopic (exact) mass is 609 g/mol. The number of anilines is 3. The van der Waals surface area contributed by atoms with Crippen LogP contribution in [0.3, 0.4) is 0 Å². The molecular weight excluding hydrogens is 578 g/mol. The van der Waals surface area contributed by atoms with Crippen LogP contribution in [0.15, 0.2) is 42.5 Å². The highest BCUT2D eigenvalue weighted by Gasteiger charge is 2.31. The molecule has 10 nitrogen and oxygen atoms in total. The zero-order valence-electron chi connectivity index (χ0n) is 22.7. The van der Waals surface area contributed by atoms with Gasteiger partial charge in [0.05, 0.1) is 30.2 Å². The summed E-state index contributed by atoms with van der Waals surface area (Å²) in [5, 5.41) is 10.7. The summed E-state index contributed by atoms with van der Waals surface area (Å²) in [5.41, 5.74) is 6.67. The molecule has 3 aromatic rings. The van der Waals surface area contributed by atoms with Gasteiger partial charge in [0.2, 0.25) is 0 Å². The van der Waals surface area contributed by atoms with Gasteiger partial charge in [-0.3, -0.25) is 10.2 Å². The lowest BCUT2D eigenvalue weighted by Crippen LogP contribution is -2.38. The van der Waals surface area contributed by atoms with E-state index >= 15 is 0 Å². The van der Waals surface area contributed by atoms with Crippen molar-refractivity contribution in [3.8, 4) is 11.3 Å². The number of rotatable bonds is 9. The molecule has 0 radical (unpaired) electrons. The van der Waals surface area contributed by atoms with Gasteiger partial charge in [-0.1, -0.05) is 12.1 Å². The van der Waals surface area contributed by atoms with E-state index in [0.717, 1.165) is 50.8 Å². The van der Waals surface area contributed by atoms with E-state index in [0.29, 0.717) is 52.3 Å². The molecule has 0 spiro atoms. The number of ether oxygens (including phenoxy) is 1. The second-order valence-corrected chi connectivity index (χ2v) is 10.4. The van der Waals surface area contributed by atoms with E-state index < -0.39 is 35.3 Å². The molecule has 1 saturated heterocycles. The van der Waals surface area contributed by atoms with Crippen LogP contribution in [0.25, 0.3) is 11.3 Å². The van der Waals surface area contributed by atoms with Gasteiger partial charge in [-0.2, -0.15) is 17.5 Å². The lowest BCUT2D eigenvalue weighted by atomic mass is 10.0. The Morgan fingerprint density at radius 2 is 1.79 bits per heavy atom. The van der Waals surface area contributed by atoms with Crippen molar-refractivity contribution in [2.24, 2.45) is 5.73 Å². The van der Waals surface area contributed by atoms with Gasteiger partial charge in [0.1, 0.15) is 10.8 Å². The van der Waals surface area contributed by atoms with Crippen LogP contribution in [0.1, 0.15) is 30.5 Å². The third-order valence-corrected chi connectivity index (χ3v) is 7.19. The Bertz CT molecular complexity index is 1380. The molecule has 42 heavy (non-hydrogen) atoms. The topological polar surface area (TPSA) is 134 Å². The van der Waals surface area contributed by atoms with Gasteiger partial charge in [0.25, 0.3) is 0 Å². The van der Waals surface area contributed by atoms with Crippen molar-refractivity contribution in [3.63, 3.8) is 0 Å². The highest BCUT2D eigenvalue weighted by molar-refractivity contribution is 7.10. The van der Waals surface area contributed by atoms with Crippen molar-refractivity contribution >= 4 is 40.0 Å². The second kappa shape index (κ2) is 13.9. The number of aromatic nitrogens is 1. The Hall–Kier alpha value is -3.79. The number of amides is 4. The first-order chi connectivity index (χ1) is 20.0. The summed E-state index contributed by atoms with van der Waals surface area (Å²) >= 11 is 1.09. The van der Waals surface area contributed by atoms with Crippen molar-refractivity contribution in [1.29, 1.82) is 0 Å². The maximum atomic E-state index is 14.0. The molecule has 6 N–H and O–H groups in total. The first-order valence-corrected chi connectivity index (χ1v) is 13.9. The molecule has 1 fully saturated rings. The molecule has 0 aliphatic carbocycles. The van der Waals surface area contributed by atoms with E-state index in [9.17, 15) is 27.2 Å². The van der Waals surface area contributed by atoms with Crippen LogP contribution in [0.5, 0.6) is 0 Å². The van der Waals surface area contributed by atoms with Gasteiger partial charge in [0.15, 0.2) is 0 Å². The first kappa shape index (κ1) is 31.2. The summed E-state index contributed by atoms with van der Waals surface area (Å²) in [6, 6.07) is 6.43. The summed E-state index contributed by atoms with van der Waals surface area (Å²) in [4.78, 5) is 27.1. The molecule has 15 heteroatoms. The molecule has 226 valence electrons. The Morgan fingerprint density at radius 3 is 2.45 bits per heavy atom. The number of hydrogen-bond donors (Lipinski definition) is 5. The average molecular weight is 610 g/mol. The zero-order chi connectivity index (χ0) is 30.3. The molecule has 0 bridgehead atoms. The number of nitrogens with one attached hydrogen (secondary N) is 4. The molecule has 2 heterocycles. The van der Waals surface area contributed by atoms with Crippen molar-refractivity contribution < 1.29 is 31.9 Å². The van der Waals surface area contributed by atoms with Crippen LogP contribution < -0.4 is 27.0 Å². The van der Waals surface area contributed by atoms with E-state index in [4.69, 9.17) is 10.5 Å². The van der Waals surface area contributed by atoms with Crippen LogP contribution in [-0.2, 0) is 10.9 Å². The van der Waals surface area contributed by atoms with Crippen LogP contribution in [0, 0.1) is 5.82 Å². The number of carbonyl (C=O) groups excluding carboxylic acids is 2. The lowest BCUT2D eigenvalue weighted by Gasteiger charge is -2.26. The molecule has 2 aromatic carbocycles. The minimum atomic E-state index is -4.69. The normalized spacial score (nSPS) is 14.7. The molecular formula is C27H31F4N7O3S. The number of hydrogen-bond acceptors (Lipinski definition) is 7. The SMILES string of the molecule is CC(N)c1c(-c2ccc(NC(=O)Nc3cc(C(F)(F)F)ccc3F)cc2)nsc1NC(=O)NCCCN1CCOCC1. The molecule has 1 aliphatic heterocycles. The number of morpholine rings is 1. The zero-order valence-corrected chi connectivity index (χ0v) is 23.5. The summed E-state index contributed by atoms with van der Waals surface area (Å²) in [5.74, 6) is -1.01. The minimum absolute atomic E-state index is 0.302. The van der Waals surface area contributed by atoms with Gasteiger partial charge in [-0.05, 0) is 61.8 Å². The highest BCUT2D eigenvalue weighted by Crippen LogP contribution is 2.36. The fourth-order valence-corrected chi connectivity index (χ4v) is 5.19. The number of carbonyl (C=O) groups is 2. The van der Waals surface area contributed by atoms with E-state index in [-0.39, 0.29) is 6.03 Å². The number of nitrogens with two attached hydrogens (primary N) is 1. The molecule has 1 unspecified atom stereocenters. The second-order valence-electron chi connectivity index (χ2n) is 9.60. The number of nitrogens with zero attached hydrogens (tertiary/aromatic N) is 2. The summed E-state index contributed by atoms with van der Waals surface area (Å²) in [6.07, 6.45) is -3.89. The van der Waals surface area contributed by atoms with Crippen LogP contribution >= 0.6 is 11.5 Å². The third kappa shape index (κ3) is 8.38. The van der Waals surface area contributed by atoms with Crippen molar-refractivity contribution in [2.75, 3.05) is 55.3 Å². The maximum Gasteiger partial charge on any atom is 0.416 e. The molecule has 1 atom stereocenters. The van der Waals surface area contributed by atoms with E-state index in [2.05, 4.69) is 30.5 Å². The van der Waals surface area contributed by atoms with Gasteiger partial charge in [0, 0.05) is 42.5 Å². The van der Waals surface area contributed by atoms with Gasteiger partial charge in [-0.25, -0.2) is 14.0 Å². The predicted octanol–water partition coefficient (Wildman–Crippen LogP) is 5.48. The highest BCUT2D eigenvalue weighted by atomic mass is 32.1. The molecule has 1 aliphatic rings. The van der Waals surface area contributed by atoms with Crippen LogP contribution in [-0.4, -0.2) is 60.7 Å². The number of benzene rings is 2. The van der Waals surface area contributed by atoms with Crippen LogP contribution in [0.4, 0.5) is 43.5 Å². The third-order valence-electron chi connectivity index (χ3n) is 6.41. The number of urea groups is 2. The summed E-state index contributed by atoms with van der Waals surface area (Å²) in [6.45, 7) is 6.36. The summed E-state index contributed by atoms with van der Waals surface area (Å²) < 4.78 is 62.6. The molecule has 4 amide bonds. The van der Waals surface area contributed by atoms with E-state index in [1.165, 1.54) is 0 Å². The Balaban J connectivity index is 1.34. The van der Waals surface area contributed by atoms with Crippen molar-refractivity contribution in [1.82, 2.24) is 14.6 Å². The number of halogens is 4. The van der Waals surface area contributed by atoms with Gasteiger partial charge in [-0.15, -0.1) is 0 Å². The Morgan fingerprint density at radius 1 is 1.07 bits per heavy atom. The van der Waals surface area contributed by atoms with E-state index in [1.807, 2.05) is 0 Å². The Kier molecular flexibility index (Phi) is 10.3. The minimum Gasteiger partial charge on any atom is -0.379 e. The van der Waals surface area contributed by atoms with Crippen molar-refractivity contribution in [3.05, 3.63) is 59.4 Å². The van der Waals surface area contributed by atoms with Gasteiger partial charge < -0.3 is 26.4 Å². The van der Waals surface area contributed by atoms with Gasteiger partial charge >= 0.3 is 18.2 Å². The predicted molar refractivity (Wildman–Crippen MR) is 153 cm³/mol. The quantitative estimate of drug-likeness (QED) is 0.161. The lowest BCUT2D eigenvalue weighted by molar-refractivity contribution is -0.137. The summed E-state index contributed by atoms with van der Waals surface area (Å²) in [7, 11) is 0. The largest absolute Gasteiger partial charge is 0.416 e. The first-order valence-electron chi connectivity index (χ1n) is 13.2. The molecule has 0 saturated carbocycles. The number of alkyl halides is 3. The van der Waals surface area contributed by atoms with Crippen molar-refractivity contribution in [2.45, 2.75) is 25.6 Å². The fraction of sp³-hybridized carbons (Fsp3) is 0.370. The van der Waals surface area contributed by atoms with Crippen LogP contribution in [0.2, 0.25) is 0 Å². The van der Waals surface area contributed by atoms with E-state index in [1.54, 1.807) is 31.2 Å². The smallest absolute Gasteiger partial charge is 0.379 e. The standard InChI is InChI=1S/C27H31F4N7O3S/c1-16(32)22-23(37-42-24(22)36-25(39)33-9-2-10-38-11-13-41-14-12-38)17-3-6-19(7-4-17)34-26(40)35-21-15-18(27(29,30)31)5-8-20(21)28/h3-8,15-16H,2,9-14,32H2,1H3,(H2,33,36,39)(H2,34,35,40).